The van der Waals surface area contributed by atoms with Gasteiger partial charge in [-0.25, -0.2) is 15.0 Å². The summed E-state index contributed by atoms with van der Waals surface area (Å²) in [5.74, 6) is 1.35. The topological polar surface area (TPSA) is 60.7 Å². The van der Waals surface area contributed by atoms with Gasteiger partial charge in [-0.3, -0.25) is 4.79 Å². The van der Waals surface area contributed by atoms with Crippen molar-refractivity contribution in [1.29, 1.82) is 0 Å². The Bertz CT molecular complexity index is 533. The number of ketones is 1. The fraction of sp³-hybridized carbons (Fsp3) is 0.333. The molecule has 0 spiro atoms. The highest BCUT2D eigenvalue weighted by molar-refractivity contribution is 5.95. The van der Waals surface area contributed by atoms with Crippen molar-refractivity contribution in [2.24, 2.45) is 0 Å². The molecule has 0 bridgehead atoms. The van der Waals surface area contributed by atoms with E-state index in [1.54, 1.807) is 25.4 Å². The van der Waals surface area contributed by atoms with Gasteiger partial charge in [0, 0.05) is 25.1 Å². The molecule has 0 saturated heterocycles. The van der Waals surface area contributed by atoms with E-state index in [2.05, 4.69) is 15.0 Å². The molecular formula is C12H14N4O. The van der Waals surface area contributed by atoms with E-state index in [0.29, 0.717) is 11.5 Å². The minimum Gasteiger partial charge on any atom is -0.335 e. The number of carbonyl (C=O) groups is 1. The molecule has 0 N–H and O–H groups in total. The lowest BCUT2D eigenvalue weighted by Gasteiger charge is -2.03. The van der Waals surface area contributed by atoms with Crippen molar-refractivity contribution in [3.8, 4) is 0 Å². The van der Waals surface area contributed by atoms with Crippen LogP contribution in [0.1, 0.15) is 29.1 Å². The summed E-state index contributed by atoms with van der Waals surface area (Å²) in [5.41, 5.74) is 0.447. The van der Waals surface area contributed by atoms with Crippen molar-refractivity contribution >= 4 is 5.78 Å². The molecule has 0 aromatic carbocycles. The van der Waals surface area contributed by atoms with E-state index < -0.39 is 0 Å². The van der Waals surface area contributed by atoms with E-state index in [1.807, 2.05) is 17.7 Å². The first-order valence-corrected chi connectivity index (χ1v) is 5.53. The zero-order valence-corrected chi connectivity index (χ0v) is 9.92. The molecule has 0 aliphatic rings. The third kappa shape index (κ3) is 2.55. The Kier molecular flexibility index (Phi) is 3.27. The molecule has 0 unspecified atom stereocenters. The number of aryl methyl sites for hydroxylation is 2. The van der Waals surface area contributed by atoms with E-state index >= 15 is 0 Å². The predicted molar refractivity (Wildman–Crippen MR) is 62.7 cm³/mol. The molecule has 0 radical (unpaired) electrons. The van der Waals surface area contributed by atoms with Crippen molar-refractivity contribution < 1.29 is 4.79 Å². The average Bonchev–Trinajstić information content (AvgIpc) is 2.76. The number of hydrogen-bond acceptors (Lipinski definition) is 4. The van der Waals surface area contributed by atoms with Crippen LogP contribution in [0.15, 0.2) is 24.7 Å². The second-order valence-corrected chi connectivity index (χ2v) is 3.72. The molecule has 5 heteroatoms. The third-order valence-corrected chi connectivity index (χ3v) is 2.52. The van der Waals surface area contributed by atoms with E-state index in [4.69, 9.17) is 0 Å². The highest BCUT2D eigenvalue weighted by Gasteiger charge is 2.12. The van der Waals surface area contributed by atoms with Crippen LogP contribution in [0.3, 0.4) is 0 Å². The predicted octanol–water partition coefficient (Wildman–Crippen LogP) is 1.43. The van der Waals surface area contributed by atoms with Crippen LogP contribution in [0, 0.1) is 6.92 Å². The second kappa shape index (κ2) is 4.86. The van der Waals surface area contributed by atoms with Gasteiger partial charge in [0.05, 0.1) is 6.42 Å². The Labute approximate surface area is 99.6 Å². The van der Waals surface area contributed by atoms with Gasteiger partial charge in [0.15, 0.2) is 5.78 Å². The van der Waals surface area contributed by atoms with Gasteiger partial charge >= 0.3 is 0 Å². The van der Waals surface area contributed by atoms with E-state index in [9.17, 15) is 4.79 Å². The number of carbonyl (C=O) groups excluding carboxylic acids is 1. The Hall–Kier alpha value is -2.04. The number of rotatable bonds is 4. The lowest BCUT2D eigenvalue weighted by molar-refractivity contribution is 0.0984. The SMILES string of the molecule is CCn1ccnc1CC(=O)c1ccnc(C)n1. The molecule has 0 aliphatic carbocycles. The van der Waals surface area contributed by atoms with E-state index in [0.717, 1.165) is 12.4 Å². The van der Waals surface area contributed by atoms with E-state index in [1.165, 1.54) is 0 Å². The molecule has 2 heterocycles. The van der Waals surface area contributed by atoms with Gasteiger partial charge in [-0.05, 0) is 19.9 Å². The van der Waals surface area contributed by atoms with Gasteiger partial charge in [-0.1, -0.05) is 0 Å². The molecule has 5 nitrogen and oxygen atoms in total. The fourth-order valence-corrected chi connectivity index (χ4v) is 1.64. The van der Waals surface area contributed by atoms with Crippen molar-refractivity contribution in [2.75, 3.05) is 0 Å². The zero-order chi connectivity index (χ0) is 12.3. The highest BCUT2D eigenvalue weighted by atomic mass is 16.1. The summed E-state index contributed by atoms with van der Waals surface area (Å²) in [7, 11) is 0. The average molecular weight is 230 g/mol. The molecule has 0 atom stereocenters. The Balaban J connectivity index is 2.17. The number of hydrogen-bond donors (Lipinski definition) is 0. The standard InChI is InChI=1S/C12H14N4O/c1-3-16-7-6-14-12(16)8-11(17)10-4-5-13-9(2)15-10/h4-7H,3,8H2,1-2H3. The van der Waals surface area contributed by atoms with Gasteiger partial charge in [0.2, 0.25) is 0 Å². The van der Waals surface area contributed by atoms with Crippen LogP contribution in [0.5, 0.6) is 0 Å². The van der Waals surface area contributed by atoms with Gasteiger partial charge in [0.25, 0.3) is 0 Å². The van der Waals surface area contributed by atoms with Gasteiger partial charge in [-0.2, -0.15) is 0 Å². The van der Waals surface area contributed by atoms with Crippen LogP contribution in [-0.2, 0) is 13.0 Å². The first-order chi connectivity index (χ1) is 8.20. The molecule has 2 aromatic heterocycles. The summed E-state index contributed by atoms with van der Waals surface area (Å²) in [4.78, 5) is 24.2. The van der Waals surface area contributed by atoms with Gasteiger partial charge in [0.1, 0.15) is 17.3 Å². The maximum atomic E-state index is 12.0. The summed E-state index contributed by atoms with van der Waals surface area (Å²) in [5, 5.41) is 0. The number of nitrogens with zero attached hydrogens (tertiary/aromatic N) is 4. The smallest absolute Gasteiger partial charge is 0.188 e. The van der Waals surface area contributed by atoms with Crippen LogP contribution < -0.4 is 0 Å². The second-order valence-electron chi connectivity index (χ2n) is 3.72. The van der Waals surface area contributed by atoms with Crippen molar-refractivity contribution in [1.82, 2.24) is 19.5 Å². The molecule has 2 rings (SSSR count). The summed E-state index contributed by atoms with van der Waals surface area (Å²) in [6.07, 6.45) is 5.45. The van der Waals surface area contributed by atoms with Crippen LogP contribution in [0.4, 0.5) is 0 Å². The molecule has 17 heavy (non-hydrogen) atoms. The van der Waals surface area contributed by atoms with Gasteiger partial charge < -0.3 is 4.57 Å². The minimum atomic E-state index is -0.0311. The molecule has 2 aromatic rings. The molecule has 88 valence electrons. The molecular weight excluding hydrogens is 216 g/mol. The number of imidazole rings is 1. The first kappa shape index (κ1) is 11.4. The number of aromatic nitrogens is 4. The Morgan fingerprint density at radius 2 is 2.18 bits per heavy atom. The van der Waals surface area contributed by atoms with Crippen molar-refractivity contribution in [3.63, 3.8) is 0 Å². The maximum Gasteiger partial charge on any atom is 0.188 e. The zero-order valence-electron chi connectivity index (χ0n) is 9.92. The molecule has 0 aliphatic heterocycles. The summed E-state index contributed by atoms with van der Waals surface area (Å²) >= 11 is 0. The molecule has 0 fully saturated rings. The quantitative estimate of drug-likeness (QED) is 0.745. The maximum absolute atomic E-state index is 12.0. The lowest BCUT2D eigenvalue weighted by atomic mass is 10.2. The Morgan fingerprint density at radius 1 is 1.35 bits per heavy atom. The molecule has 0 saturated carbocycles. The number of Topliss-reactive ketones (excluding diaryl/α,β-unsaturated/α-hetero) is 1. The van der Waals surface area contributed by atoms with E-state index in [-0.39, 0.29) is 12.2 Å². The van der Waals surface area contributed by atoms with Crippen LogP contribution >= 0.6 is 0 Å². The monoisotopic (exact) mass is 230 g/mol. The summed E-state index contributed by atoms with van der Waals surface area (Å²) in [6, 6.07) is 1.63. The normalized spacial score (nSPS) is 10.5. The van der Waals surface area contributed by atoms with Crippen molar-refractivity contribution in [3.05, 3.63) is 42.0 Å². The fourth-order valence-electron chi connectivity index (χ4n) is 1.64. The third-order valence-electron chi connectivity index (χ3n) is 2.52. The van der Waals surface area contributed by atoms with Crippen LogP contribution in [0.25, 0.3) is 0 Å². The lowest BCUT2D eigenvalue weighted by Crippen LogP contribution is -2.11. The Morgan fingerprint density at radius 3 is 2.88 bits per heavy atom. The minimum absolute atomic E-state index is 0.0311. The summed E-state index contributed by atoms with van der Waals surface area (Å²) < 4.78 is 1.95. The largest absolute Gasteiger partial charge is 0.335 e. The summed E-state index contributed by atoms with van der Waals surface area (Å²) in [6.45, 7) is 4.60. The van der Waals surface area contributed by atoms with Crippen LogP contribution in [-0.4, -0.2) is 25.3 Å². The molecule has 0 amide bonds. The van der Waals surface area contributed by atoms with Crippen molar-refractivity contribution in [2.45, 2.75) is 26.8 Å². The highest BCUT2D eigenvalue weighted by Crippen LogP contribution is 2.04. The van der Waals surface area contributed by atoms with Crippen LogP contribution in [0.2, 0.25) is 0 Å². The first-order valence-electron chi connectivity index (χ1n) is 5.53. The van der Waals surface area contributed by atoms with Gasteiger partial charge in [-0.15, -0.1) is 0 Å².